The summed E-state index contributed by atoms with van der Waals surface area (Å²) in [7, 11) is -7.44. The summed E-state index contributed by atoms with van der Waals surface area (Å²) in [5.41, 5.74) is 3.26. The van der Waals surface area contributed by atoms with Crippen LogP contribution < -0.4 is 9.44 Å². The molecule has 0 aliphatic heterocycles. The van der Waals surface area contributed by atoms with E-state index >= 15 is 0 Å². The summed E-state index contributed by atoms with van der Waals surface area (Å²) in [4.78, 5) is 0.411. The van der Waals surface area contributed by atoms with Gasteiger partial charge in [0.05, 0.1) is 9.79 Å². The van der Waals surface area contributed by atoms with Crippen LogP contribution in [0.4, 0.5) is 5.13 Å². The number of nitrogens with zero attached hydrogens (tertiary/aromatic N) is 2. The molecule has 3 rings (SSSR count). The van der Waals surface area contributed by atoms with E-state index in [2.05, 4.69) is 19.6 Å². The Kier molecular flexibility index (Phi) is 6.79. The molecular weight excluding hydrogens is 456 g/mol. The highest BCUT2D eigenvalue weighted by Gasteiger charge is 2.22. The number of aromatic nitrogens is 2. The van der Waals surface area contributed by atoms with Crippen molar-refractivity contribution in [2.24, 2.45) is 0 Å². The summed E-state index contributed by atoms with van der Waals surface area (Å²) < 4.78 is 55.3. The molecule has 2 aromatic carbocycles. The second kappa shape index (κ2) is 9.03. The first kappa shape index (κ1) is 23.3. The second-order valence-electron chi connectivity index (χ2n) is 7.30. The van der Waals surface area contributed by atoms with Gasteiger partial charge in [0.15, 0.2) is 0 Å². The Labute approximate surface area is 186 Å². The molecule has 166 valence electrons. The molecule has 0 atom stereocenters. The lowest BCUT2D eigenvalue weighted by molar-refractivity contribution is 0.581. The van der Waals surface area contributed by atoms with Gasteiger partial charge in [0.2, 0.25) is 15.2 Å². The third-order valence-corrected chi connectivity index (χ3v) is 8.67. The van der Waals surface area contributed by atoms with Gasteiger partial charge in [0, 0.05) is 13.0 Å². The topological polar surface area (TPSA) is 118 Å². The Balaban J connectivity index is 1.65. The van der Waals surface area contributed by atoms with E-state index < -0.39 is 20.0 Å². The van der Waals surface area contributed by atoms with E-state index in [9.17, 15) is 16.8 Å². The van der Waals surface area contributed by atoms with Crippen molar-refractivity contribution < 1.29 is 16.8 Å². The molecule has 0 saturated carbocycles. The van der Waals surface area contributed by atoms with Gasteiger partial charge in [-0.15, -0.1) is 10.2 Å². The number of benzene rings is 2. The summed E-state index contributed by atoms with van der Waals surface area (Å²) >= 11 is 1.07. The van der Waals surface area contributed by atoms with Crippen molar-refractivity contribution in [3.63, 3.8) is 0 Å². The molecule has 2 N–H and O–H groups in total. The van der Waals surface area contributed by atoms with Gasteiger partial charge in [-0.25, -0.2) is 21.6 Å². The molecule has 0 fully saturated rings. The molecule has 8 nitrogen and oxygen atoms in total. The van der Waals surface area contributed by atoms with Gasteiger partial charge in [-0.05, 0) is 51.0 Å². The zero-order valence-electron chi connectivity index (χ0n) is 17.6. The predicted octanol–water partition coefficient (Wildman–Crippen LogP) is 3.09. The molecule has 0 unspecified atom stereocenters. The quantitative estimate of drug-likeness (QED) is 0.511. The fourth-order valence-corrected chi connectivity index (χ4v) is 6.70. The van der Waals surface area contributed by atoms with E-state index in [1.54, 1.807) is 38.1 Å². The molecule has 0 spiro atoms. The third-order valence-electron chi connectivity index (χ3n) is 4.52. The Morgan fingerprint density at radius 1 is 0.839 bits per heavy atom. The van der Waals surface area contributed by atoms with Gasteiger partial charge >= 0.3 is 0 Å². The second-order valence-corrected chi connectivity index (χ2v) is 11.7. The Morgan fingerprint density at radius 2 is 1.45 bits per heavy atom. The van der Waals surface area contributed by atoms with Crippen molar-refractivity contribution >= 4 is 36.5 Å². The number of nitrogens with one attached hydrogen (secondary N) is 2. The first-order valence-electron chi connectivity index (χ1n) is 9.47. The molecule has 1 aromatic heterocycles. The molecule has 31 heavy (non-hydrogen) atoms. The molecule has 0 aliphatic carbocycles. The van der Waals surface area contributed by atoms with Crippen LogP contribution in [0.2, 0.25) is 0 Å². The molecule has 0 radical (unpaired) electrons. The van der Waals surface area contributed by atoms with E-state index in [4.69, 9.17) is 0 Å². The van der Waals surface area contributed by atoms with Crippen molar-refractivity contribution in [2.45, 2.75) is 43.9 Å². The zero-order valence-corrected chi connectivity index (χ0v) is 20.1. The van der Waals surface area contributed by atoms with Gasteiger partial charge in [-0.1, -0.05) is 46.7 Å². The summed E-state index contributed by atoms with van der Waals surface area (Å²) in [6.45, 7) is 7.41. The van der Waals surface area contributed by atoms with E-state index in [1.165, 1.54) is 0 Å². The van der Waals surface area contributed by atoms with E-state index in [0.29, 0.717) is 16.1 Å². The predicted molar refractivity (Wildman–Crippen MR) is 121 cm³/mol. The average molecular weight is 481 g/mol. The molecular formula is C20H24N4O4S3. The number of rotatable bonds is 8. The van der Waals surface area contributed by atoms with Crippen molar-refractivity contribution in [3.8, 4) is 0 Å². The van der Waals surface area contributed by atoms with Gasteiger partial charge in [-0.2, -0.15) is 0 Å². The maximum absolute atomic E-state index is 12.8. The molecule has 0 saturated heterocycles. The highest BCUT2D eigenvalue weighted by molar-refractivity contribution is 7.93. The van der Waals surface area contributed by atoms with Crippen LogP contribution in [0.3, 0.4) is 0 Å². The lowest BCUT2D eigenvalue weighted by atomic mass is 10.1. The first-order valence-corrected chi connectivity index (χ1v) is 13.3. The highest BCUT2D eigenvalue weighted by Crippen LogP contribution is 2.25. The molecule has 0 bridgehead atoms. The van der Waals surface area contributed by atoms with Crippen LogP contribution in [-0.2, 0) is 26.5 Å². The molecule has 3 aromatic rings. The molecule has 11 heteroatoms. The van der Waals surface area contributed by atoms with Crippen LogP contribution in [0, 0.1) is 27.7 Å². The molecule has 1 heterocycles. The monoisotopic (exact) mass is 480 g/mol. The van der Waals surface area contributed by atoms with Gasteiger partial charge < -0.3 is 0 Å². The van der Waals surface area contributed by atoms with Crippen LogP contribution in [0.15, 0.2) is 46.2 Å². The highest BCUT2D eigenvalue weighted by atomic mass is 32.2. The Morgan fingerprint density at radius 3 is 2.06 bits per heavy atom. The summed E-state index contributed by atoms with van der Waals surface area (Å²) in [5.74, 6) is 0. The number of aryl methyl sites for hydroxylation is 4. The fraction of sp³-hybridized carbons (Fsp3) is 0.300. The minimum atomic E-state index is -3.82. The summed E-state index contributed by atoms with van der Waals surface area (Å²) in [6, 6.07) is 10.2. The fourth-order valence-electron chi connectivity index (χ4n) is 3.25. The van der Waals surface area contributed by atoms with Crippen LogP contribution in [0.1, 0.15) is 27.3 Å². The van der Waals surface area contributed by atoms with Crippen molar-refractivity contribution in [3.05, 3.63) is 63.7 Å². The van der Waals surface area contributed by atoms with Gasteiger partial charge in [0.25, 0.3) is 10.0 Å². The van der Waals surface area contributed by atoms with Crippen LogP contribution >= 0.6 is 11.3 Å². The van der Waals surface area contributed by atoms with E-state index in [0.717, 1.165) is 22.5 Å². The van der Waals surface area contributed by atoms with Crippen LogP contribution in [-0.4, -0.2) is 33.6 Å². The van der Waals surface area contributed by atoms with Crippen LogP contribution in [0.25, 0.3) is 0 Å². The molecule has 0 aliphatic rings. The lowest BCUT2D eigenvalue weighted by Gasteiger charge is -2.12. The van der Waals surface area contributed by atoms with E-state index in [-0.39, 0.29) is 27.9 Å². The Hall–Kier alpha value is -2.34. The Bertz CT molecular complexity index is 1280. The number of hydrogen-bond donors (Lipinski definition) is 2. The average Bonchev–Trinajstić information content (AvgIpc) is 3.07. The summed E-state index contributed by atoms with van der Waals surface area (Å²) in [6.07, 6.45) is 0.285. The minimum Gasteiger partial charge on any atom is -0.253 e. The number of anilines is 1. The van der Waals surface area contributed by atoms with Gasteiger partial charge in [0.1, 0.15) is 5.01 Å². The van der Waals surface area contributed by atoms with Crippen LogP contribution in [0.5, 0.6) is 0 Å². The zero-order chi connectivity index (χ0) is 22.8. The van der Waals surface area contributed by atoms with E-state index in [1.807, 2.05) is 26.0 Å². The maximum atomic E-state index is 12.8. The largest absolute Gasteiger partial charge is 0.264 e. The van der Waals surface area contributed by atoms with Crippen molar-refractivity contribution in [1.82, 2.24) is 14.9 Å². The SMILES string of the molecule is Cc1ccc(S(=O)(=O)NCCc2nnc(NS(=O)(=O)c3c(C)cc(C)cc3C)s2)cc1. The maximum Gasteiger partial charge on any atom is 0.264 e. The van der Waals surface area contributed by atoms with Crippen molar-refractivity contribution in [1.29, 1.82) is 0 Å². The summed E-state index contributed by atoms with van der Waals surface area (Å²) in [5, 5.41) is 8.50. The number of sulfonamides is 2. The normalized spacial score (nSPS) is 12.1. The molecule has 0 amide bonds. The van der Waals surface area contributed by atoms with Gasteiger partial charge in [-0.3, -0.25) is 4.72 Å². The third kappa shape index (κ3) is 5.67. The smallest absolute Gasteiger partial charge is 0.253 e. The first-order chi connectivity index (χ1) is 14.5. The standard InChI is InChI=1S/C20H24N4O4S3/c1-13-5-7-17(8-6-13)30(25,26)21-10-9-18-22-23-20(29-18)24-31(27,28)19-15(3)11-14(2)12-16(19)4/h5-8,11-12,21H,9-10H2,1-4H3,(H,23,24). The minimum absolute atomic E-state index is 0.119. The lowest BCUT2D eigenvalue weighted by Crippen LogP contribution is -2.25. The van der Waals surface area contributed by atoms with Crippen molar-refractivity contribution in [2.75, 3.05) is 11.3 Å². The number of hydrogen-bond acceptors (Lipinski definition) is 7.